The van der Waals surface area contributed by atoms with Crippen molar-refractivity contribution in [1.29, 1.82) is 0 Å². The van der Waals surface area contributed by atoms with Crippen LogP contribution in [0.1, 0.15) is 29.8 Å². The summed E-state index contributed by atoms with van der Waals surface area (Å²) in [5.41, 5.74) is 2.88. The smallest absolute Gasteiger partial charge is 0.296 e. The molecule has 0 fully saturated rings. The van der Waals surface area contributed by atoms with E-state index in [1.165, 1.54) is 19.2 Å². The van der Waals surface area contributed by atoms with Gasteiger partial charge in [0.2, 0.25) is 0 Å². The van der Waals surface area contributed by atoms with Gasteiger partial charge in [-0.25, -0.2) is 4.39 Å². The van der Waals surface area contributed by atoms with Gasteiger partial charge in [-0.15, -0.1) is 0 Å². The number of nitrogens with zero attached hydrogens (tertiary/aromatic N) is 1. The second-order valence-electron chi connectivity index (χ2n) is 6.15. The number of halogens is 1. The van der Waals surface area contributed by atoms with E-state index in [2.05, 4.69) is 10.2 Å². The molecule has 5 nitrogen and oxygen atoms in total. The minimum atomic E-state index is -0.635. The van der Waals surface area contributed by atoms with E-state index in [9.17, 15) is 14.0 Å². The minimum Gasteiger partial charge on any atom is -0.496 e. The molecule has 1 amide bonds. The van der Waals surface area contributed by atoms with Crippen LogP contribution in [0.15, 0.2) is 30.3 Å². The molecule has 0 unspecified atom stereocenters. The molecule has 0 bridgehead atoms. The van der Waals surface area contributed by atoms with E-state index in [1.807, 2.05) is 19.9 Å². The summed E-state index contributed by atoms with van der Waals surface area (Å²) in [7, 11) is 1.51. The average Bonchev–Trinajstić information content (AvgIpc) is 2.94. The van der Waals surface area contributed by atoms with Crippen LogP contribution in [-0.2, 0) is 11.3 Å². The summed E-state index contributed by atoms with van der Waals surface area (Å²) >= 11 is 0. The van der Waals surface area contributed by atoms with Crippen LogP contribution in [0.2, 0.25) is 0 Å². The summed E-state index contributed by atoms with van der Waals surface area (Å²) in [4.78, 5) is 26.3. The molecule has 1 N–H and O–H groups in total. The number of ether oxygens (including phenoxy) is 1. The van der Waals surface area contributed by atoms with Gasteiger partial charge in [-0.1, -0.05) is 13.8 Å². The van der Waals surface area contributed by atoms with Gasteiger partial charge in [0.25, 0.3) is 11.7 Å². The van der Waals surface area contributed by atoms with Crippen LogP contribution in [0.3, 0.4) is 0 Å². The Morgan fingerprint density at radius 2 is 1.81 bits per heavy atom. The van der Waals surface area contributed by atoms with Crippen LogP contribution in [0.5, 0.6) is 5.75 Å². The molecule has 0 radical (unpaired) electrons. The van der Waals surface area contributed by atoms with E-state index in [0.29, 0.717) is 34.7 Å². The lowest BCUT2D eigenvalue weighted by atomic mass is 9.96. The van der Waals surface area contributed by atoms with Crippen molar-refractivity contribution in [3.63, 3.8) is 0 Å². The van der Waals surface area contributed by atoms with Crippen molar-refractivity contribution in [3.8, 4) is 16.9 Å². The number of nitrogens with one attached hydrogen (secondary N) is 1. The Balaban J connectivity index is 2.18. The molecule has 0 aromatic heterocycles. The summed E-state index contributed by atoms with van der Waals surface area (Å²) in [6, 6.07) is 7.75. The number of hydrogen-bond donors (Lipinski definition) is 1. The highest BCUT2D eigenvalue weighted by Crippen LogP contribution is 2.37. The van der Waals surface area contributed by atoms with E-state index >= 15 is 0 Å². The lowest BCUT2D eigenvalue weighted by Gasteiger charge is -2.21. The number of benzene rings is 2. The van der Waals surface area contributed by atoms with Gasteiger partial charge >= 0.3 is 0 Å². The van der Waals surface area contributed by atoms with E-state index in [0.717, 1.165) is 18.7 Å². The first kappa shape index (κ1) is 18.1. The van der Waals surface area contributed by atoms with Crippen LogP contribution in [0.25, 0.3) is 11.1 Å². The lowest BCUT2D eigenvalue weighted by molar-refractivity contribution is -0.112. The van der Waals surface area contributed by atoms with Crippen LogP contribution < -0.4 is 10.1 Å². The molecule has 26 heavy (non-hydrogen) atoms. The second kappa shape index (κ2) is 7.25. The first-order valence-electron chi connectivity index (χ1n) is 8.57. The van der Waals surface area contributed by atoms with E-state index in [4.69, 9.17) is 4.74 Å². The van der Waals surface area contributed by atoms with Crippen molar-refractivity contribution in [2.45, 2.75) is 20.4 Å². The fourth-order valence-corrected chi connectivity index (χ4v) is 3.20. The fourth-order valence-electron chi connectivity index (χ4n) is 3.20. The number of ketones is 1. The van der Waals surface area contributed by atoms with Crippen molar-refractivity contribution in [2.24, 2.45) is 0 Å². The SMILES string of the molecule is CCN(CC)Cc1cc(-c2cc(F)ccc2OC)cc2c1NC(=O)C2=O. The molecule has 3 rings (SSSR count). The van der Waals surface area contributed by atoms with E-state index in [1.54, 1.807) is 12.1 Å². The standard InChI is InChI=1S/C20H21FN2O3/c1-4-23(5-2)11-13-8-12(9-16-18(13)22-20(25)19(16)24)15-10-14(21)6-7-17(15)26-3/h6-10H,4-5,11H2,1-3H3,(H,22,24,25). The Kier molecular flexibility index (Phi) is 5.04. The van der Waals surface area contributed by atoms with E-state index in [-0.39, 0.29) is 0 Å². The van der Waals surface area contributed by atoms with Crippen LogP contribution >= 0.6 is 0 Å². The number of amides is 1. The van der Waals surface area contributed by atoms with Gasteiger partial charge in [-0.3, -0.25) is 14.5 Å². The predicted octanol–water partition coefficient (Wildman–Crippen LogP) is 3.48. The zero-order valence-electron chi connectivity index (χ0n) is 15.1. The predicted molar refractivity (Wildman–Crippen MR) is 98.0 cm³/mol. The number of hydrogen-bond acceptors (Lipinski definition) is 4. The molecular weight excluding hydrogens is 335 g/mol. The summed E-state index contributed by atoms with van der Waals surface area (Å²) in [6.07, 6.45) is 0. The van der Waals surface area contributed by atoms with Crippen LogP contribution in [0, 0.1) is 5.82 Å². The van der Waals surface area contributed by atoms with Crippen molar-refractivity contribution in [2.75, 3.05) is 25.5 Å². The highest BCUT2D eigenvalue weighted by atomic mass is 19.1. The number of anilines is 1. The van der Waals surface area contributed by atoms with Gasteiger partial charge < -0.3 is 10.1 Å². The molecule has 0 saturated carbocycles. The number of carbonyl (C=O) groups excluding carboxylic acids is 2. The molecule has 2 aromatic rings. The summed E-state index contributed by atoms with van der Waals surface area (Å²) in [6.45, 7) is 6.34. The number of fused-ring (bicyclic) bond motifs is 1. The molecule has 6 heteroatoms. The second-order valence-corrected chi connectivity index (χ2v) is 6.15. The molecule has 0 atom stereocenters. The molecule has 2 aromatic carbocycles. The van der Waals surface area contributed by atoms with Crippen LogP contribution in [0.4, 0.5) is 10.1 Å². The summed E-state index contributed by atoms with van der Waals surface area (Å²) in [5, 5.41) is 2.67. The monoisotopic (exact) mass is 356 g/mol. The zero-order valence-corrected chi connectivity index (χ0v) is 15.1. The average molecular weight is 356 g/mol. The Morgan fingerprint density at radius 3 is 2.46 bits per heavy atom. The fraction of sp³-hybridized carbons (Fsp3) is 0.300. The molecule has 0 saturated heterocycles. The lowest BCUT2D eigenvalue weighted by Crippen LogP contribution is -2.22. The Morgan fingerprint density at radius 1 is 1.08 bits per heavy atom. The summed E-state index contributed by atoms with van der Waals surface area (Å²) in [5.74, 6) is -1.10. The molecule has 136 valence electrons. The third kappa shape index (κ3) is 3.20. The van der Waals surface area contributed by atoms with Gasteiger partial charge in [-0.2, -0.15) is 0 Å². The van der Waals surface area contributed by atoms with Gasteiger partial charge in [0.1, 0.15) is 11.6 Å². The number of rotatable bonds is 6. The highest BCUT2D eigenvalue weighted by Gasteiger charge is 2.31. The maximum atomic E-state index is 13.8. The molecule has 1 aliphatic rings. The first-order chi connectivity index (χ1) is 12.5. The third-order valence-electron chi connectivity index (χ3n) is 4.67. The van der Waals surface area contributed by atoms with Crippen molar-refractivity contribution in [1.82, 2.24) is 4.90 Å². The zero-order chi connectivity index (χ0) is 18.8. The Bertz CT molecular complexity index is 876. The van der Waals surface area contributed by atoms with Crippen molar-refractivity contribution < 1.29 is 18.7 Å². The Hall–Kier alpha value is -2.73. The Labute approximate surface area is 151 Å². The number of carbonyl (C=O) groups is 2. The highest BCUT2D eigenvalue weighted by molar-refractivity contribution is 6.52. The quantitative estimate of drug-likeness (QED) is 0.805. The molecule has 0 spiro atoms. The summed E-state index contributed by atoms with van der Waals surface area (Å²) < 4.78 is 19.1. The molecule has 0 aliphatic carbocycles. The molecule has 1 heterocycles. The van der Waals surface area contributed by atoms with Gasteiger partial charge in [0, 0.05) is 12.1 Å². The first-order valence-corrected chi connectivity index (χ1v) is 8.57. The largest absolute Gasteiger partial charge is 0.496 e. The molecular formula is C20H21FN2O3. The minimum absolute atomic E-state index is 0.320. The van der Waals surface area contributed by atoms with Gasteiger partial charge in [0.05, 0.1) is 18.4 Å². The number of methoxy groups -OCH3 is 1. The molecule has 1 aliphatic heterocycles. The maximum absolute atomic E-state index is 13.8. The third-order valence-corrected chi connectivity index (χ3v) is 4.67. The normalized spacial score (nSPS) is 13.1. The topological polar surface area (TPSA) is 58.6 Å². The van der Waals surface area contributed by atoms with E-state index < -0.39 is 17.5 Å². The van der Waals surface area contributed by atoms with Gasteiger partial charge in [0.15, 0.2) is 0 Å². The number of Topliss-reactive ketones (excluding diaryl/α,β-unsaturated/α-hetero) is 1. The van der Waals surface area contributed by atoms with Gasteiger partial charge in [-0.05, 0) is 54.5 Å². The van der Waals surface area contributed by atoms with Crippen molar-refractivity contribution >= 4 is 17.4 Å². The maximum Gasteiger partial charge on any atom is 0.296 e. The van der Waals surface area contributed by atoms with Crippen LogP contribution in [-0.4, -0.2) is 36.8 Å². The van der Waals surface area contributed by atoms with Crippen molar-refractivity contribution in [3.05, 3.63) is 47.3 Å².